The minimum Gasteiger partial charge on any atom is -0.466 e. The van der Waals surface area contributed by atoms with Gasteiger partial charge in [-0.05, 0) is 6.42 Å². The lowest BCUT2D eigenvalue weighted by atomic mass is 10.4. The maximum Gasteiger partial charge on any atom is 0.330 e. The van der Waals surface area contributed by atoms with E-state index < -0.39 is 0 Å². The predicted octanol–water partition coefficient (Wildman–Crippen LogP) is -0.148. The van der Waals surface area contributed by atoms with Gasteiger partial charge in [-0.2, -0.15) is 0 Å². The van der Waals surface area contributed by atoms with E-state index in [1.807, 2.05) is 0 Å². The lowest BCUT2D eigenvalue weighted by molar-refractivity contribution is -0.134. The molecule has 0 aromatic rings. The Morgan fingerprint density at radius 3 is 2.91 bits per heavy atom. The molecular weight excluding hydrogens is 146 g/mol. The van der Waals surface area contributed by atoms with Crippen LogP contribution in [0.25, 0.3) is 0 Å². The normalized spacial score (nSPS) is 9.55. The summed E-state index contributed by atoms with van der Waals surface area (Å²) in [5.41, 5.74) is 0. The fraction of sp³-hybridized carbons (Fsp3) is 0.429. The molecule has 4 heteroatoms. The zero-order chi connectivity index (χ0) is 8.53. The van der Waals surface area contributed by atoms with Gasteiger partial charge in [0.1, 0.15) is 0 Å². The fourth-order valence-corrected chi connectivity index (χ4v) is 0.473. The molecule has 62 valence electrons. The summed E-state index contributed by atoms with van der Waals surface area (Å²) in [7, 11) is 1.32. The number of amides is 1. The summed E-state index contributed by atoms with van der Waals surface area (Å²) in [4.78, 5) is 20.2. The Bertz CT molecular complexity index is 154. The molecule has 0 heterocycles. The van der Waals surface area contributed by atoms with Gasteiger partial charge < -0.3 is 10.1 Å². The van der Waals surface area contributed by atoms with Crippen LogP contribution in [-0.4, -0.2) is 26.0 Å². The molecule has 0 aromatic heterocycles. The molecule has 0 bridgehead atoms. The van der Waals surface area contributed by atoms with Crippen molar-refractivity contribution in [3.8, 4) is 0 Å². The molecule has 1 amide bonds. The summed E-state index contributed by atoms with van der Waals surface area (Å²) in [6.45, 7) is 0.539. The topological polar surface area (TPSA) is 55.4 Å². The Kier molecular flexibility index (Phi) is 5.98. The molecule has 0 unspecified atom stereocenters. The van der Waals surface area contributed by atoms with Crippen LogP contribution in [-0.2, 0) is 14.3 Å². The second-order valence-electron chi connectivity index (χ2n) is 1.79. The molecule has 0 spiro atoms. The van der Waals surface area contributed by atoms with Crippen LogP contribution in [0.3, 0.4) is 0 Å². The highest BCUT2D eigenvalue weighted by molar-refractivity contribution is 5.81. The van der Waals surface area contributed by atoms with Crippen LogP contribution in [0.15, 0.2) is 12.2 Å². The van der Waals surface area contributed by atoms with Crippen molar-refractivity contribution in [1.82, 2.24) is 5.32 Å². The first kappa shape index (κ1) is 9.68. The van der Waals surface area contributed by atoms with Gasteiger partial charge in [0, 0.05) is 12.6 Å². The summed E-state index contributed by atoms with van der Waals surface area (Å²) in [6, 6.07) is 0. The Balaban J connectivity index is 3.29. The Hall–Kier alpha value is -1.32. The van der Waals surface area contributed by atoms with E-state index in [1.165, 1.54) is 13.2 Å². The summed E-state index contributed by atoms with van der Waals surface area (Å²) in [5.74, 6) is -0.379. The van der Waals surface area contributed by atoms with E-state index in [0.717, 1.165) is 0 Å². The molecular formula is C7H11NO3. The minimum absolute atomic E-state index is 0.379. The summed E-state index contributed by atoms with van der Waals surface area (Å²) >= 11 is 0. The van der Waals surface area contributed by atoms with E-state index in [2.05, 4.69) is 10.1 Å². The van der Waals surface area contributed by atoms with Crippen LogP contribution in [0.2, 0.25) is 0 Å². The van der Waals surface area contributed by atoms with Gasteiger partial charge in [0.2, 0.25) is 6.41 Å². The van der Waals surface area contributed by atoms with Gasteiger partial charge in [-0.3, -0.25) is 4.79 Å². The summed E-state index contributed by atoms with van der Waals surface area (Å²) in [6.07, 6.45) is 4.22. The molecule has 0 saturated carbocycles. The van der Waals surface area contributed by atoms with Gasteiger partial charge in [-0.15, -0.1) is 0 Å². The Labute approximate surface area is 65.2 Å². The number of methoxy groups -OCH3 is 1. The molecule has 4 nitrogen and oxygen atoms in total. The van der Waals surface area contributed by atoms with Crippen LogP contribution >= 0.6 is 0 Å². The highest BCUT2D eigenvalue weighted by atomic mass is 16.5. The lowest BCUT2D eigenvalue weighted by Gasteiger charge is -1.91. The first-order valence-electron chi connectivity index (χ1n) is 3.22. The number of ether oxygens (including phenoxy) is 1. The number of hydrogen-bond acceptors (Lipinski definition) is 3. The third kappa shape index (κ3) is 6.57. The third-order valence-corrected chi connectivity index (χ3v) is 0.994. The van der Waals surface area contributed by atoms with Crippen LogP contribution < -0.4 is 5.32 Å². The van der Waals surface area contributed by atoms with Crippen molar-refractivity contribution >= 4 is 12.4 Å². The molecule has 0 atom stereocenters. The quantitative estimate of drug-likeness (QED) is 0.261. The summed E-state index contributed by atoms with van der Waals surface area (Å²) in [5, 5.41) is 2.46. The molecule has 0 fully saturated rings. The fourth-order valence-electron chi connectivity index (χ4n) is 0.473. The van der Waals surface area contributed by atoms with E-state index in [9.17, 15) is 9.59 Å². The molecule has 11 heavy (non-hydrogen) atoms. The molecule has 0 saturated heterocycles. The molecule has 0 aliphatic heterocycles. The Morgan fingerprint density at radius 2 is 2.36 bits per heavy atom. The summed E-state index contributed by atoms with van der Waals surface area (Å²) < 4.78 is 4.34. The first-order chi connectivity index (χ1) is 5.31. The first-order valence-corrected chi connectivity index (χ1v) is 3.22. The smallest absolute Gasteiger partial charge is 0.330 e. The average molecular weight is 157 g/mol. The number of carbonyl (C=O) groups excluding carboxylic acids is 2. The molecule has 0 aromatic carbocycles. The SMILES string of the molecule is COC(=O)C=CCCNC=O. The van der Waals surface area contributed by atoms with Crippen molar-refractivity contribution in [2.45, 2.75) is 6.42 Å². The number of carbonyl (C=O) groups is 2. The minimum atomic E-state index is -0.379. The van der Waals surface area contributed by atoms with Gasteiger partial charge >= 0.3 is 5.97 Å². The zero-order valence-corrected chi connectivity index (χ0v) is 6.37. The monoisotopic (exact) mass is 157 g/mol. The lowest BCUT2D eigenvalue weighted by Crippen LogP contribution is -2.11. The average Bonchev–Trinajstić information content (AvgIpc) is 2.04. The Morgan fingerprint density at radius 1 is 1.64 bits per heavy atom. The predicted molar refractivity (Wildman–Crippen MR) is 39.8 cm³/mol. The van der Waals surface area contributed by atoms with Crippen molar-refractivity contribution in [2.75, 3.05) is 13.7 Å². The van der Waals surface area contributed by atoms with Crippen molar-refractivity contribution < 1.29 is 14.3 Å². The number of nitrogens with one attached hydrogen (secondary N) is 1. The van der Waals surface area contributed by atoms with Gasteiger partial charge in [-0.25, -0.2) is 4.79 Å². The second kappa shape index (κ2) is 6.80. The zero-order valence-electron chi connectivity index (χ0n) is 6.37. The van der Waals surface area contributed by atoms with E-state index in [1.54, 1.807) is 6.08 Å². The molecule has 0 aliphatic rings. The van der Waals surface area contributed by atoms with E-state index in [0.29, 0.717) is 19.4 Å². The van der Waals surface area contributed by atoms with Crippen molar-refractivity contribution in [2.24, 2.45) is 0 Å². The van der Waals surface area contributed by atoms with Crippen molar-refractivity contribution in [3.05, 3.63) is 12.2 Å². The van der Waals surface area contributed by atoms with Gasteiger partial charge in [0.15, 0.2) is 0 Å². The van der Waals surface area contributed by atoms with Crippen LogP contribution in [0.4, 0.5) is 0 Å². The van der Waals surface area contributed by atoms with Crippen molar-refractivity contribution in [3.63, 3.8) is 0 Å². The van der Waals surface area contributed by atoms with E-state index >= 15 is 0 Å². The number of esters is 1. The standard InChI is InChI=1S/C7H11NO3/c1-11-7(10)4-2-3-5-8-6-9/h2,4,6H,3,5H2,1H3,(H,8,9). The third-order valence-electron chi connectivity index (χ3n) is 0.994. The largest absolute Gasteiger partial charge is 0.466 e. The van der Waals surface area contributed by atoms with Crippen LogP contribution in [0, 0.1) is 0 Å². The van der Waals surface area contributed by atoms with Gasteiger partial charge in [0.25, 0.3) is 0 Å². The highest BCUT2D eigenvalue weighted by Crippen LogP contribution is 1.82. The maximum absolute atomic E-state index is 10.4. The van der Waals surface area contributed by atoms with E-state index in [4.69, 9.17) is 0 Å². The molecule has 1 N–H and O–H groups in total. The van der Waals surface area contributed by atoms with Gasteiger partial charge in [-0.1, -0.05) is 6.08 Å². The van der Waals surface area contributed by atoms with Crippen LogP contribution in [0.5, 0.6) is 0 Å². The van der Waals surface area contributed by atoms with Crippen LogP contribution in [0.1, 0.15) is 6.42 Å². The van der Waals surface area contributed by atoms with E-state index in [-0.39, 0.29) is 5.97 Å². The number of hydrogen-bond donors (Lipinski definition) is 1. The molecule has 0 aliphatic carbocycles. The highest BCUT2D eigenvalue weighted by Gasteiger charge is 1.88. The molecule has 0 radical (unpaired) electrons. The molecule has 0 rings (SSSR count). The number of rotatable bonds is 5. The van der Waals surface area contributed by atoms with Crippen molar-refractivity contribution in [1.29, 1.82) is 0 Å². The van der Waals surface area contributed by atoms with Gasteiger partial charge in [0.05, 0.1) is 7.11 Å². The maximum atomic E-state index is 10.4. The second-order valence-corrected chi connectivity index (χ2v) is 1.79.